The molecule has 1 aliphatic rings. The van der Waals surface area contributed by atoms with Crippen molar-refractivity contribution in [2.75, 3.05) is 12.4 Å². The van der Waals surface area contributed by atoms with Crippen LogP contribution in [0.25, 0.3) is 0 Å². The van der Waals surface area contributed by atoms with Gasteiger partial charge >= 0.3 is 0 Å². The first-order valence-electron chi connectivity index (χ1n) is 7.62. The van der Waals surface area contributed by atoms with E-state index in [2.05, 4.69) is 15.5 Å². The van der Waals surface area contributed by atoms with E-state index in [-0.39, 0.29) is 0 Å². The molecule has 1 heterocycles. The highest BCUT2D eigenvalue weighted by Crippen LogP contribution is 2.30. The molecule has 1 fully saturated rings. The van der Waals surface area contributed by atoms with Crippen LogP contribution in [-0.2, 0) is 0 Å². The van der Waals surface area contributed by atoms with E-state index in [0.29, 0.717) is 17.7 Å². The molecule has 0 spiro atoms. The molecular weight excluding hydrogens is 320 g/mol. The third kappa shape index (κ3) is 3.93. The molecule has 5 nitrogen and oxygen atoms in total. The van der Waals surface area contributed by atoms with Gasteiger partial charge in [-0.1, -0.05) is 54.8 Å². The van der Waals surface area contributed by atoms with E-state index >= 15 is 0 Å². The van der Waals surface area contributed by atoms with Crippen molar-refractivity contribution in [2.45, 2.75) is 43.3 Å². The molecule has 0 unspecified atom stereocenters. The predicted octanol–water partition coefficient (Wildman–Crippen LogP) is 4.00. The van der Waals surface area contributed by atoms with E-state index in [1.807, 2.05) is 28.9 Å². The summed E-state index contributed by atoms with van der Waals surface area (Å²) in [6.45, 7) is 0.575. The molecule has 3 rings (SSSR count). The highest BCUT2D eigenvalue weighted by molar-refractivity contribution is 7.99. The number of thioether (sulfide) groups is 1. The van der Waals surface area contributed by atoms with Gasteiger partial charge in [0.1, 0.15) is 5.75 Å². The molecule has 22 heavy (non-hydrogen) atoms. The predicted molar refractivity (Wildman–Crippen MR) is 87.6 cm³/mol. The van der Waals surface area contributed by atoms with Crippen LogP contribution in [0.4, 0.5) is 0 Å². The van der Waals surface area contributed by atoms with Crippen LogP contribution in [-0.4, -0.2) is 32.6 Å². The van der Waals surface area contributed by atoms with E-state index in [0.717, 1.165) is 16.7 Å². The standard InChI is InChI=1S/C15H19ClN4OS/c16-13-8-4-5-9-14(13)21-10-11-22-15-17-18-19-20(15)12-6-2-1-3-7-12/h4-5,8-9,12H,1-3,6-7,10-11H2. The van der Waals surface area contributed by atoms with Crippen molar-refractivity contribution in [1.29, 1.82) is 0 Å². The number of hydrogen-bond donors (Lipinski definition) is 0. The van der Waals surface area contributed by atoms with Gasteiger partial charge in [0.25, 0.3) is 0 Å². The fourth-order valence-electron chi connectivity index (χ4n) is 2.68. The number of rotatable bonds is 6. The van der Waals surface area contributed by atoms with Crippen molar-refractivity contribution in [1.82, 2.24) is 20.2 Å². The molecule has 118 valence electrons. The number of tetrazole rings is 1. The van der Waals surface area contributed by atoms with Crippen LogP contribution in [0.1, 0.15) is 38.1 Å². The first-order chi connectivity index (χ1) is 10.8. The Hall–Kier alpha value is -1.27. The zero-order valence-electron chi connectivity index (χ0n) is 12.3. The molecule has 2 aromatic rings. The summed E-state index contributed by atoms with van der Waals surface area (Å²) in [7, 11) is 0. The zero-order chi connectivity index (χ0) is 15.2. The Balaban J connectivity index is 1.50. The number of para-hydroxylation sites is 1. The van der Waals surface area contributed by atoms with Gasteiger partial charge in [-0.25, -0.2) is 4.68 Å². The number of hydrogen-bond acceptors (Lipinski definition) is 5. The van der Waals surface area contributed by atoms with Crippen molar-refractivity contribution < 1.29 is 4.74 Å². The third-order valence-corrected chi connectivity index (χ3v) is 5.00. The zero-order valence-corrected chi connectivity index (χ0v) is 13.9. The Morgan fingerprint density at radius 2 is 2.05 bits per heavy atom. The van der Waals surface area contributed by atoms with Crippen LogP contribution in [0.2, 0.25) is 5.02 Å². The fraction of sp³-hybridized carbons (Fsp3) is 0.533. The van der Waals surface area contributed by atoms with Crippen molar-refractivity contribution in [3.63, 3.8) is 0 Å². The van der Waals surface area contributed by atoms with Gasteiger partial charge in [-0.2, -0.15) is 0 Å². The van der Waals surface area contributed by atoms with Gasteiger partial charge in [0.05, 0.1) is 17.7 Å². The largest absolute Gasteiger partial charge is 0.491 e. The quantitative estimate of drug-likeness (QED) is 0.588. The van der Waals surface area contributed by atoms with Crippen LogP contribution in [0.3, 0.4) is 0 Å². The molecule has 0 N–H and O–H groups in total. The molecular formula is C15H19ClN4OS. The van der Waals surface area contributed by atoms with Gasteiger partial charge in [0.15, 0.2) is 0 Å². The smallest absolute Gasteiger partial charge is 0.209 e. The van der Waals surface area contributed by atoms with Gasteiger partial charge in [0, 0.05) is 5.75 Å². The second kappa shape index (κ2) is 7.83. The molecule has 1 saturated carbocycles. The minimum Gasteiger partial charge on any atom is -0.491 e. The summed E-state index contributed by atoms with van der Waals surface area (Å²) in [4.78, 5) is 0. The van der Waals surface area contributed by atoms with Gasteiger partial charge in [0.2, 0.25) is 5.16 Å². The summed E-state index contributed by atoms with van der Waals surface area (Å²) < 4.78 is 7.68. The lowest BCUT2D eigenvalue weighted by Crippen LogP contribution is -2.15. The molecule has 1 aromatic carbocycles. The third-order valence-electron chi connectivity index (χ3n) is 3.79. The summed E-state index contributed by atoms with van der Waals surface area (Å²) in [5.41, 5.74) is 0. The Kier molecular flexibility index (Phi) is 5.56. The molecule has 0 bridgehead atoms. The average Bonchev–Trinajstić information content (AvgIpc) is 3.02. The number of benzene rings is 1. The minimum atomic E-state index is 0.454. The topological polar surface area (TPSA) is 52.8 Å². The van der Waals surface area contributed by atoms with Crippen molar-refractivity contribution in [3.8, 4) is 5.75 Å². The highest BCUT2D eigenvalue weighted by Gasteiger charge is 2.20. The lowest BCUT2D eigenvalue weighted by molar-refractivity contribution is 0.307. The van der Waals surface area contributed by atoms with E-state index in [9.17, 15) is 0 Å². The van der Waals surface area contributed by atoms with Crippen LogP contribution in [0, 0.1) is 0 Å². The maximum atomic E-state index is 6.06. The molecule has 0 atom stereocenters. The lowest BCUT2D eigenvalue weighted by atomic mass is 9.96. The summed E-state index contributed by atoms with van der Waals surface area (Å²) in [5.74, 6) is 1.51. The summed E-state index contributed by atoms with van der Waals surface area (Å²) in [6.07, 6.45) is 6.21. The van der Waals surface area contributed by atoms with Crippen LogP contribution in [0.5, 0.6) is 5.75 Å². The molecule has 0 aliphatic heterocycles. The summed E-state index contributed by atoms with van der Waals surface area (Å²) >= 11 is 7.69. The Bertz CT molecular complexity index is 601. The highest BCUT2D eigenvalue weighted by atomic mass is 35.5. The van der Waals surface area contributed by atoms with Crippen molar-refractivity contribution in [3.05, 3.63) is 29.3 Å². The number of aromatic nitrogens is 4. The van der Waals surface area contributed by atoms with E-state index in [1.165, 1.54) is 32.1 Å². The SMILES string of the molecule is Clc1ccccc1OCCSc1nnnn1C1CCCCC1. The second-order valence-electron chi connectivity index (χ2n) is 5.33. The summed E-state index contributed by atoms with van der Waals surface area (Å²) in [5, 5.41) is 13.7. The first-order valence-corrected chi connectivity index (χ1v) is 8.99. The van der Waals surface area contributed by atoms with Crippen LogP contribution < -0.4 is 4.74 Å². The Labute approximate surface area is 139 Å². The summed E-state index contributed by atoms with van der Waals surface area (Å²) in [6, 6.07) is 7.96. The normalized spacial score (nSPS) is 15.9. The maximum absolute atomic E-state index is 6.06. The van der Waals surface area contributed by atoms with Crippen LogP contribution >= 0.6 is 23.4 Å². The molecule has 0 amide bonds. The fourth-order valence-corrected chi connectivity index (χ4v) is 3.63. The molecule has 1 aromatic heterocycles. The first kappa shape index (κ1) is 15.6. The molecule has 7 heteroatoms. The average molecular weight is 339 g/mol. The van der Waals surface area contributed by atoms with Crippen molar-refractivity contribution in [2.24, 2.45) is 0 Å². The van der Waals surface area contributed by atoms with E-state index in [1.54, 1.807) is 11.8 Å². The van der Waals surface area contributed by atoms with Crippen molar-refractivity contribution >= 4 is 23.4 Å². The van der Waals surface area contributed by atoms with Gasteiger partial charge < -0.3 is 4.74 Å². The van der Waals surface area contributed by atoms with Crippen LogP contribution in [0.15, 0.2) is 29.4 Å². The molecule has 0 saturated heterocycles. The lowest BCUT2D eigenvalue weighted by Gasteiger charge is -2.21. The number of ether oxygens (including phenoxy) is 1. The van der Waals surface area contributed by atoms with Gasteiger partial charge in [-0.3, -0.25) is 0 Å². The second-order valence-corrected chi connectivity index (χ2v) is 6.79. The Morgan fingerprint density at radius 1 is 1.23 bits per heavy atom. The van der Waals surface area contributed by atoms with E-state index < -0.39 is 0 Å². The number of nitrogens with zero attached hydrogens (tertiary/aromatic N) is 4. The molecule has 1 aliphatic carbocycles. The number of halogens is 1. The Morgan fingerprint density at radius 3 is 2.86 bits per heavy atom. The van der Waals surface area contributed by atoms with Gasteiger partial charge in [-0.15, -0.1) is 5.10 Å². The minimum absolute atomic E-state index is 0.454. The maximum Gasteiger partial charge on any atom is 0.209 e. The van der Waals surface area contributed by atoms with E-state index in [4.69, 9.17) is 16.3 Å². The molecule has 0 radical (unpaired) electrons. The van der Waals surface area contributed by atoms with Gasteiger partial charge in [-0.05, 0) is 35.4 Å². The monoisotopic (exact) mass is 338 g/mol.